The fraction of sp³-hybridized carbons (Fsp3) is 0.438. The summed E-state index contributed by atoms with van der Waals surface area (Å²) in [5.41, 5.74) is 0.281. The third kappa shape index (κ3) is 5.36. The maximum absolute atomic E-state index is 12.8. The van der Waals surface area contributed by atoms with Crippen molar-refractivity contribution in [2.24, 2.45) is 0 Å². The lowest BCUT2D eigenvalue weighted by atomic mass is 10.2. The van der Waals surface area contributed by atoms with E-state index in [1.165, 1.54) is 24.3 Å². The van der Waals surface area contributed by atoms with Gasteiger partial charge in [-0.25, -0.2) is 4.39 Å². The normalized spacial score (nSPS) is 13.7. The highest BCUT2D eigenvalue weighted by molar-refractivity contribution is 5.96. The van der Waals surface area contributed by atoms with Gasteiger partial charge in [0.15, 0.2) is 0 Å². The lowest BCUT2D eigenvalue weighted by molar-refractivity contribution is -0.130. The predicted molar refractivity (Wildman–Crippen MR) is 82.2 cm³/mol. The Labute approximate surface area is 134 Å². The Bertz CT molecular complexity index is 568. The number of carbonyl (C=O) groups is 3. The first-order chi connectivity index (χ1) is 11.1. The summed E-state index contributed by atoms with van der Waals surface area (Å²) in [6.07, 6.45) is 2.33. The molecule has 6 nitrogen and oxygen atoms in total. The number of hydrogen-bond donors (Lipinski definition) is 2. The number of benzene rings is 1. The van der Waals surface area contributed by atoms with Crippen molar-refractivity contribution in [3.8, 4) is 0 Å². The van der Waals surface area contributed by atoms with Crippen LogP contribution in [-0.2, 0) is 9.59 Å². The first-order valence-electron chi connectivity index (χ1n) is 7.64. The minimum absolute atomic E-state index is 0.0400. The molecule has 1 aliphatic heterocycles. The molecule has 1 fully saturated rings. The second-order valence-corrected chi connectivity index (χ2v) is 5.38. The molecule has 0 radical (unpaired) electrons. The number of likely N-dealkylation sites (tertiary alicyclic amines) is 1. The Hall–Kier alpha value is -2.44. The lowest BCUT2D eigenvalue weighted by Gasteiger charge is -2.15. The Morgan fingerprint density at radius 1 is 1.04 bits per heavy atom. The van der Waals surface area contributed by atoms with Crippen molar-refractivity contribution in [3.05, 3.63) is 35.6 Å². The largest absolute Gasteiger partial charge is 0.354 e. The van der Waals surface area contributed by atoms with Gasteiger partial charge in [0.05, 0.1) is 6.54 Å². The third-order valence-electron chi connectivity index (χ3n) is 3.64. The van der Waals surface area contributed by atoms with Crippen LogP contribution >= 0.6 is 0 Å². The molecular weight excluding hydrogens is 301 g/mol. The molecule has 0 atom stereocenters. The first-order valence-corrected chi connectivity index (χ1v) is 7.64. The van der Waals surface area contributed by atoms with E-state index in [1.54, 1.807) is 4.90 Å². The van der Waals surface area contributed by atoms with Crippen LogP contribution in [0.2, 0.25) is 0 Å². The van der Waals surface area contributed by atoms with Crippen molar-refractivity contribution in [1.29, 1.82) is 0 Å². The molecule has 0 unspecified atom stereocenters. The Morgan fingerprint density at radius 2 is 1.70 bits per heavy atom. The molecule has 0 saturated carbocycles. The average molecular weight is 321 g/mol. The summed E-state index contributed by atoms with van der Waals surface area (Å²) in [6.45, 7) is 1.65. The summed E-state index contributed by atoms with van der Waals surface area (Å²) < 4.78 is 12.8. The number of nitrogens with zero attached hydrogens (tertiary/aromatic N) is 1. The fourth-order valence-electron chi connectivity index (χ4n) is 2.36. The van der Waals surface area contributed by atoms with Gasteiger partial charge in [-0.15, -0.1) is 0 Å². The van der Waals surface area contributed by atoms with Crippen molar-refractivity contribution >= 4 is 17.7 Å². The zero-order chi connectivity index (χ0) is 16.7. The summed E-state index contributed by atoms with van der Waals surface area (Å²) in [6, 6.07) is 5.05. The van der Waals surface area contributed by atoms with Crippen molar-refractivity contribution in [3.63, 3.8) is 0 Å². The molecule has 23 heavy (non-hydrogen) atoms. The molecule has 1 heterocycles. The summed E-state index contributed by atoms with van der Waals surface area (Å²) in [7, 11) is 0. The second-order valence-electron chi connectivity index (χ2n) is 5.38. The van der Waals surface area contributed by atoms with Crippen LogP contribution in [-0.4, -0.2) is 48.8 Å². The van der Waals surface area contributed by atoms with Crippen LogP contribution < -0.4 is 10.6 Å². The van der Waals surface area contributed by atoms with Crippen LogP contribution in [0.25, 0.3) is 0 Å². The molecular formula is C16H20FN3O3. The van der Waals surface area contributed by atoms with Gasteiger partial charge >= 0.3 is 0 Å². The van der Waals surface area contributed by atoms with Gasteiger partial charge in [0.1, 0.15) is 5.82 Å². The lowest BCUT2D eigenvalue weighted by Crippen LogP contribution is -2.38. The van der Waals surface area contributed by atoms with Crippen LogP contribution in [0.4, 0.5) is 4.39 Å². The smallest absolute Gasteiger partial charge is 0.251 e. The van der Waals surface area contributed by atoms with E-state index in [9.17, 15) is 18.8 Å². The molecule has 1 aromatic rings. The van der Waals surface area contributed by atoms with Gasteiger partial charge in [0, 0.05) is 31.6 Å². The quantitative estimate of drug-likeness (QED) is 0.809. The first kappa shape index (κ1) is 16.9. The number of carbonyl (C=O) groups excluding carboxylic acids is 3. The summed E-state index contributed by atoms with van der Waals surface area (Å²) in [5, 5.41) is 5.03. The zero-order valence-electron chi connectivity index (χ0n) is 12.8. The summed E-state index contributed by atoms with van der Waals surface area (Å²) >= 11 is 0. The molecule has 2 rings (SSSR count). The van der Waals surface area contributed by atoms with Gasteiger partial charge in [-0.05, 0) is 37.1 Å². The van der Waals surface area contributed by atoms with E-state index in [1.807, 2.05) is 0 Å². The predicted octanol–water partition coefficient (Wildman–Crippen LogP) is 0.684. The molecule has 0 spiro atoms. The molecule has 0 aromatic heterocycles. The van der Waals surface area contributed by atoms with Crippen LogP contribution in [0.15, 0.2) is 24.3 Å². The van der Waals surface area contributed by atoms with E-state index in [0.29, 0.717) is 0 Å². The topological polar surface area (TPSA) is 78.5 Å². The Kier molecular flexibility index (Phi) is 6.08. The van der Waals surface area contributed by atoms with Gasteiger partial charge in [-0.3, -0.25) is 14.4 Å². The SMILES string of the molecule is O=C(CNC(=O)c1ccc(F)cc1)NCCC(=O)N1CCCC1. The van der Waals surface area contributed by atoms with Crippen LogP contribution in [0.5, 0.6) is 0 Å². The van der Waals surface area contributed by atoms with Gasteiger partial charge in [0.2, 0.25) is 11.8 Å². The van der Waals surface area contributed by atoms with Crippen molar-refractivity contribution in [2.75, 3.05) is 26.2 Å². The van der Waals surface area contributed by atoms with E-state index in [2.05, 4.69) is 10.6 Å². The number of amides is 3. The summed E-state index contributed by atoms with van der Waals surface area (Å²) in [4.78, 5) is 36.9. The second kappa shape index (κ2) is 8.26. The number of nitrogens with one attached hydrogen (secondary N) is 2. The van der Waals surface area contributed by atoms with Crippen LogP contribution in [0, 0.1) is 5.82 Å². The summed E-state index contributed by atoms with van der Waals surface area (Å²) in [5.74, 6) is -1.21. The molecule has 1 aromatic carbocycles. The fourth-order valence-corrected chi connectivity index (χ4v) is 2.36. The molecule has 3 amide bonds. The maximum atomic E-state index is 12.8. The van der Waals surface area contributed by atoms with E-state index in [0.717, 1.165) is 25.9 Å². The van der Waals surface area contributed by atoms with Gasteiger partial charge in [-0.1, -0.05) is 0 Å². The number of rotatable bonds is 6. The monoisotopic (exact) mass is 321 g/mol. The Morgan fingerprint density at radius 3 is 2.35 bits per heavy atom. The standard InChI is InChI=1S/C16H20FN3O3/c17-13-5-3-12(4-6-13)16(23)19-11-14(21)18-8-7-15(22)20-9-1-2-10-20/h3-6H,1-2,7-11H2,(H,18,21)(H,19,23). The highest BCUT2D eigenvalue weighted by Gasteiger charge is 2.17. The highest BCUT2D eigenvalue weighted by Crippen LogP contribution is 2.08. The highest BCUT2D eigenvalue weighted by atomic mass is 19.1. The molecule has 0 bridgehead atoms. The molecule has 1 aliphatic rings. The number of halogens is 1. The van der Waals surface area contributed by atoms with Gasteiger partial charge < -0.3 is 15.5 Å². The van der Waals surface area contributed by atoms with Gasteiger partial charge in [-0.2, -0.15) is 0 Å². The van der Waals surface area contributed by atoms with Crippen LogP contribution in [0.3, 0.4) is 0 Å². The maximum Gasteiger partial charge on any atom is 0.251 e. The molecule has 124 valence electrons. The van der Waals surface area contributed by atoms with E-state index in [4.69, 9.17) is 0 Å². The van der Waals surface area contributed by atoms with Crippen molar-refractivity contribution < 1.29 is 18.8 Å². The molecule has 0 aliphatic carbocycles. The zero-order valence-corrected chi connectivity index (χ0v) is 12.8. The molecule has 1 saturated heterocycles. The minimum Gasteiger partial charge on any atom is -0.354 e. The van der Waals surface area contributed by atoms with Crippen LogP contribution in [0.1, 0.15) is 29.6 Å². The number of hydrogen-bond acceptors (Lipinski definition) is 3. The van der Waals surface area contributed by atoms with Gasteiger partial charge in [0.25, 0.3) is 5.91 Å². The average Bonchev–Trinajstić information content (AvgIpc) is 3.07. The van der Waals surface area contributed by atoms with E-state index in [-0.39, 0.29) is 36.9 Å². The van der Waals surface area contributed by atoms with E-state index < -0.39 is 11.7 Å². The van der Waals surface area contributed by atoms with E-state index >= 15 is 0 Å². The van der Waals surface area contributed by atoms with Crippen molar-refractivity contribution in [2.45, 2.75) is 19.3 Å². The molecule has 2 N–H and O–H groups in total. The Balaban J connectivity index is 1.63. The minimum atomic E-state index is -0.451. The third-order valence-corrected chi connectivity index (χ3v) is 3.64. The van der Waals surface area contributed by atoms with Crippen molar-refractivity contribution in [1.82, 2.24) is 15.5 Å². The molecule has 7 heteroatoms.